The third-order valence-corrected chi connectivity index (χ3v) is 5.95. The molecule has 0 bridgehead atoms. The SMILES string of the molecule is C=CCN1C(=O)NC(c2ccc(OC)c(OC)c2)C(c2nc(-c3ccc(OC)c(OC)c3)no2)=C1C. The molecule has 2 heterocycles. The van der Waals surface area contributed by atoms with Gasteiger partial charge in [-0.05, 0) is 42.8 Å². The van der Waals surface area contributed by atoms with Crippen LogP contribution >= 0.6 is 0 Å². The fourth-order valence-electron chi connectivity index (χ4n) is 4.12. The van der Waals surface area contributed by atoms with E-state index in [9.17, 15) is 4.79 Å². The van der Waals surface area contributed by atoms with Crippen molar-refractivity contribution >= 4 is 11.6 Å². The number of urea groups is 1. The van der Waals surface area contributed by atoms with Crippen LogP contribution in [0.3, 0.4) is 0 Å². The summed E-state index contributed by atoms with van der Waals surface area (Å²) in [5, 5.41) is 7.23. The maximum atomic E-state index is 13.0. The van der Waals surface area contributed by atoms with E-state index in [2.05, 4.69) is 22.0 Å². The summed E-state index contributed by atoms with van der Waals surface area (Å²) in [6.45, 7) is 5.92. The van der Waals surface area contributed by atoms with Crippen molar-refractivity contribution in [2.24, 2.45) is 0 Å². The standard InChI is InChI=1S/C26H28N4O6/c1-7-12-30-15(2)22(23(27-26(30)31)16-8-10-18(32-3)20(13-16)34-5)25-28-24(29-36-25)17-9-11-19(33-4)21(14-17)35-6/h7-11,13-14,23H,1,12H2,2-6H3,(H,27,31). The minimum absolute atomic E-state index is 0.268. The van der Waals surface area contributed by atoms with Crippen molar-refractivity contribution < 1.29 is 28.3 Å². The molecule has 0 spiro atoms. The van der Waals surface area contributed by atoms with Gasteiger partial charge < -0.3 is 28.8 Å². The quantitative estimate of drug-likeness (QED) is 0.437. The number of hydrogen-bond acceptors (Lipinski definition) is 8. The zero-order valence-corrected chi connectivity index (χ0v) is 20.8. The van der Waals surface area contributed by atoms with E-state index in [1.54, 1.807) is 57.6 Å². The van der Waals surface area contributed by atoms with Gasteiger partial charge in [-0.2, -0.15) is 4.98 Å². The Labute approximate surface area is 209 Å². The second kappa shape index (κ2) is 10.4. The molecular formula is C26H28N4O6. The van der Waals surface area contributed by atoms with E-state index in [0.717, 1.165) is 5.56 Å². The molecule has 1 aromatic heterocycles. The highest BCUT2D eigenvalue weighted by Gasteiger charge is 2.35. The number of aromatic nitrogens is 2. The van der Waals surface area contributed by atoms with Crippen LogP contribution in [0.15, 0.2) is 59.3 Å². The van der Waals surface area contributed by atoms with Crippen LogP contribution in [0.4, 0.5) is 4.79 Å². The Kier molecular flexibility index (Phi) is 7.14. The van der Waals surface area contributed by atoms with E-state index in [0.29, 0.717) is 52.2 Å². The zero-order chi connectivity index (χ0) is 25.8. The van der Waals surface area contributed by atoms with Crippen molar-refractivity contribution in [1.29, 1.82) is 0 Å². The highest BCUT2D eigenvalue weighted by Crippen LogP contribution is 2.40. The predicted molar refractivity (Wildman–Crippen MR) is 133 cm³/mol. The summed E-state index contributed by atoms with van der Waals surface area (Å²) < 4.78 is 27.3. The molecule has 0 saturated heterocycles. The van der Waals surface area contributed by atoms with Crippen LogP contribution in [-0.2, 0) is 0 Å². The number of carbonyl (C=O) groups is 1. The number of nitrogens with one attached hydrogen (secondary N) is 1. The second-order valence-corrected chi connectivity index (χ2v) is 7.89. The number of ether oxygens (including phenoxy) is 4. The lowest BCUT2D eigenvalue weighted by atomic mass is 9.94. The third-order valence-electron chi connectivity index (χ3n) is 5.95. The maximum Gasteiger partial charge on any atom is 0.322 e. The van der Waals surface area contributed by atoms with Crippen LogP contribution in [-0.4, -0.2) is 56.1 Å². The van der Waals surface area contributed by atoms with Crippen molar-refractivity contribution in [2.45, 2.75) is 13.0 Å². The average Bonchev–Trinajstić information content (AvgIpc) is 3.39. The molecule has 2 aromatic carbocycles. The molecule has 4 rings (SSSR count). The Morgan fingerprint density at radius 3 is 2.28 bits per heavy atom. The van der Waals surface area contributed by atoms with Crippen molar-refractivity contribution in [1.82, 2.24) is 20.4 Å². The van der Waals surface area contributed by atoms with Crippen molar-refractivity contribution in [3.8, 4) is 34.4 Å². The number of amides is 2. The molecule has 1 N–H and O–H groups in total. The first kappa shape index (κ1) is 24.6. The van der Waals surface area contributed by atoms with E-state index in [1.165, 1.54) is 0 Å². The van der Waals surface area contributed by atoms with Crippen molar-refractivity contribution in [3.63, 3.8) is 0 Å². The monoisotopic (exact) mass is 492 g/mol. The Morgan fingerprint density at radius 1 is 1.00 bits per heavy atom. The molecule has 1 aliphatic heterocycles. The Morgan fingerprint density at radius 2 is 1.64 bits per heavy atom. The normalized spacial score (nSPS) is 15.4. The molecule has 0 saturated carbocycles. The zero-order valence-electron chi connectivity index (χ0n) is 20.8. The Bertz CT molecular complexity index is 1320. The van der Waals surface area contributed by atoms with E-state index in [4.69, 9.17) is 23.5 Å². The summed E-state index contributed by atoms with van der Waals surface area (Å²) in [5.41, 5.74) is 2.77. The van der Waals surface area contributed by atoms with Gasteiger partial charge in [-0.1, -0.05) is 17.3 Å². The lowest BCUT2D eigenvalue weighted by Gasteiger charge is -2.34. The first-order chi connectivity index (χ1) is 17.4. The minimum Gasteiger partial charge on any atom is -0.493 e. The van der Waals surface area contributed by atoms with Crippen LogP contribution < -0.4 is 24.3 Å². The second-order valence-electron chi connectivity index (χ2n) is 7.89. The molecule has 1 unspecified atom stereocenters. The van der Waals surface area contributed by atoms with Crippen LogP contribution in [0.1, 0.15) is 24.4 Å². The van der Waals surface area contributed by atoms with E-state index < -0.39 is 6.04 Å². The Balaban J connectivity index is 1.82. The molecule has 0 radical (unpaired) electrons. The summed E-state index contributed by atoms with van der Waals surface area (Å²) >= 11 is 0. The highest BCUT2D eigenvalue weighted by atomic mass is 16.5. The van der Waals surface area contributed by atoms with E-state index >= 15 is 0 Å². The average molecular weight is 493 g/mol. The van der Waals surface area contributed by atoms with Gasteiger partial charge in [0.1, 0.15) is 0 Å². The number of methoxy groups -OCH3 is 4. The first-order valence-electron chi connectivity index (χ1n) is 11.1. The lowest BCUT2D eigenvalue weighted by molar-refractivity contribution is 0.209. The molecule has 10 nitrogen and oxygen atoms in total. The molecule has 2 amide bonds. The number of rotatable bonds is 9. The fourth-order valence-corrected chi connectivity index (χ4v) is 4.12. The summed E-state index contributed by atoms with van der Waals surface area (Å²) in [6.07, 6.45) is 1.65. The number of allylic oxidation sites excluding steroid dienone is 1. The van der Waals surface area contributed by atoms with Crippen LogP contribution in [0.2, 0.25) is 0 Å². The van der Waals surface area contributed by atoms with Gasteiger partial charge in [0, 0.05) is 17.8 Å². The fraction of sp³-hybridized carbons (Fsp3) is 0.269. The van der Waals surface area contributed by atoms with Gasteiger partial charge >= 0.3 is 6.03 Å². The van der Waals surface area contributed by atoms with Crippen LogP contribution in [0, 0.1) is 0 Å². The maximum absolute atomic E-state index is 13.0. The molecular weight excluding hydrogens is 464 g/mol. The number of nitrogens with zero attached hydrogens (tertiary/aromatic N) is 3. The van der Waals surface area contributed by atoms with Crippen molar-refractivity contribution in [3.05, 3.63) is 66.2 Å². The highest BCUT2D eigenvalue weighted by molar-refractivity contribution is 5.87. The van der Waals surface area contributed by atoms with Gasteiger partial charge in [-0.25, -0.2) is 4.79 Å². The van der Waals surface area contributed by atoms with Crippen molar-refractivity contribution in [2.75, 3.05) is 35.0 Å². The van der Waals surface area contributed by atoms with Gasteiger partial charge in [0.25, 0.3) is 5.89 Å². The van der Waals surface area contributed by atoms with Gasteiger partial charge in [0.05, 0.1) is 40.1 Å². The largest absolute Gasteiger partial charge is 0.493 e. The molecule has 10 heteroatoms. The topological polar surface area (TPSA) is 108 Å². The molecule has 36 heavy (non-hydrogen) atoms. The number of benzene rings is 2. The summed E-state index contributed by atoms with van der Waals surface area (Å²) in [5.74, 6) is 2.88. The van der Waals surface area contributed by atoms with Gasteiger partial charge in [-0.3, -0.25) is 4.90 Å². The molecule has 1 atom stereocenters. The lowest BCUT2D eigenvalue weighted by Crippen LogP contribution is -2.46. The Hall–Kier alpha value is -4.47. The smallest absolute Gasteiger partial charge is 0.322 e. The molecule has 1 aliphatic rings. The molecule has 0 aliphatic carbocycles. The summed E-state index contributed by atoms with van der Waals surface area (Å²) in [7, 11) is 6.25. The molecule has 0 fully saturated rings. The predicted octanol–water partition coefficient (Wildman–Crippen LogP) is 4.45. The van der Waals surface area contributed by atoms with E-state index in [-0.39, 0.29) is 11.9 Å². The number of carbonyl (C=O) groups excluding carboxylic acids is 1. The summed E-state index contributed by atoms with van der Waals surface area (Å²) in [6, 6.07) is 9.97. The van der Waals surface area contributed by atoms with Crippen LogP contribution in [0.5, 0.6) is 23.0 Å². The van der Waals surface area contributed by atoms with Gasteiger partial charge in [-0.15, -0.1) is 6.58 Å². The first-order valence-corrected chi connectivity index (χ1v) is 11.1. The third kappa shape index (κ3) is 4.45. The molecule has 188 valence electrons. The van der Waals surface area contributed by atoms with Gasteiger partial charge in [0.2, 0.25) is 5.82 Å². The molecule has 3 aromatic rings. The van der Waals surface area contributed by atoms with Gasteiger partial charge in [0.15, 0.2) is 23.0 Å². The minimum atomic E-state index is -0.572. The summed E-state index contributed by atoms with van der Waals surface area (Å²) in [4.78, 5) is 19.2. The number of hydrogen-bond donors (Lipinski definition) is 1. The van der Waals surface area contributed by atoms with Crippen LogP contribution in [0.25, 0.3) is 17.0 Å². The van der Waals surface area contributed by atoms with E-state index in [1.807, 2.05) is 25.1 Å².